The molecule has 4 heterocycles. The summed E-state index contributed by atoms with van der Waals surface area (Å²) in [5, 5.41) is 17.9. The van der Waals surface area contributed by atoms with E-state index in [9.17, 15) is 26.3 Å². The van der Waals surface area contributed by atoms with Crippen LogP contribution in [0.25, 0.3) is 55.4 Å². The highest BCUT2D eigenvalue weighted by molar-refractivity contribution is 6.07. The predicted octanol–water partition coefficient (Wildman–Crippen LogP) is 7.29. The fourth-order valence-electron chi connectivity index (χ4n) is 6.51. The van der Waals surface area contributed by atoms with Gasteiger partial charge < -0.3 is 31.9 Å². The molecule has 12 nitrogen and oxygen atoms in total. The third-order valence-electron chi connectivity index (χ3n) is 9.10. The van der Waals surface area contributed by atoms with E-state index < -0.39 is 23.5 Å². The Kier molecular flexibility index (Phi) is 10.8. The van der Waals surface area contributed by atoms with Crippen molar-refractivity contribution < 1.29 is 46.8 Å². The second kappa shape index (κ2) is 14.9. The first-order chi connectivity index (χ1) is 25.6. The number of pyridine rings is 2. The zero-order valence-corrected chi connectivity index (χ0v) is 30.0. The topological polar surface area (TPSA) is 194 Å². The summed E-state index contributed by atoms with van der Waals surface area (Å²) < 4.78 is 91.7. The van der Waals surface area contributed by atoms with Gasteiger partial charge in [0.2, 0.25) is 0 Å². The van der Waals surface area contributed by atoms with Gasteiger partial charge in [-0.2, -0.15) is 26.3 Å². The van der Waals surface area contributed by atoms with Crippen LogP contribution in [0, 0.1) is 13.8 Å². The zero-order chi connectivity index (χ0) is 38.7. The molecule has 8 rings (SSSR count). The molecule has 292 valence electrons. The molecule has 4 aromatic carbocycles. The Hall–Kier alpha value is -6.66. The first kappa shape index (κ1) is 40.5. The van der Waals surface area contributed by atoms with Gasteiger partial charge in [-0.15, -0.1) is 20.4 Å². The fourth-order valence-corrected chi connectivity index (χ4v) is 6.51. The number of aromatic nitrogens is 6. The number of nitrogens with two attached hydrogens (primary N) is 2. The number of aryl methyl sites for hydroxylation is 2. The van der Waals surface area contributed by atoms with E-state index in [0.29, 0.717) is 68.1 Å². The molecule has 0 aliphatic rings. The molecule has 8 N–H and O–H groups in total. The van der Waals surface area contributed by atoms with Gasteiger partial charge in [0.15, 0.2) is 11.3 Å². The Morgan fingerprint density at radius 3 is 1.16 bits per heavy atom. The van der Waals surface area contributed by atoms with Gasteiger partial charge in [-0.3, -0.25) is 8.80 Å². The summed E-state index contributed by atoms with van der Waals surface area (Å²) in [5.41, 5.74) is 16.8. The van der Waals surface area contributed by atoms with Crippen molar-refractivity contribution in [3.05, 3.63) is 108 Å². The number of anilines is 2. The largest absolute Gasteiger partial charge is 0.497 e. The van der Waals surface area contributed by atoms with Gasteiger partial charge in [0.05, 0.1) is 47.8 Å². The van der Waals surface area contributed by atoms with Crippen molar-refractivity contribution in [1.29, 1.82) is 0 Å². The highest BCUT2D eigenvalue weighted by Crippen LogP contribution is 2.41. The van der Waals surface area contributed by atoms with Crippen LogP contribution in [0.1, 0.15) is 22.8 Å². The van der Waals surface area contributed by atoms with Crippen molar-refractivity contribution in [1.82, 2.24) is 29.2 Å². The maximum atomic E-state index is 12.9. The average molecular weight is 781 g/mol. The number of methoxy groups -OCH3 is 2. The number of nitrogen functional groups attached to an aromatic ring is 2. The fraction of sp³-hybridized carbons (Fsp3) is 0.158. The van der Waals surface area contributed by atoms with E-state index in [0.717, 1.165) is 46.1 Å². The lowest BCUT2D eigenvalue weighted by Crippen LogP contribution is -2.04. The highest BCUT2D eigenvalue weighted by Gasteiger charge is 2.31. The van der Waals surface area contributed by atoms with E-state index >= 15 is 0 Å². The number of benzene rings is 4. The Morgan fingerprint density at radius 1 is 0.518 bits per heavy atom. The second-order valence-corrected chi connectivity index (χ2v) is 12.3. The van der Waals surface area contributed by atoms with E-state index in [1.807, 2.05) is 20.9 Å². The maximum absolute atomic E-state index is 12.9. The molecule has 0 aliphatic carbocycles. The van der Waals surface area contributed by atoms with E-state index in [4.69, 9.17) is 20.9 Å². The third-order valence-corrected chi connectivity index (χ3v) is 9.10. The Bertz CT molecular complexity index is 2520. The minimum atomic E-state index is -4.40. The quantitative estimate of drug-likeness (QED) is 0.174. The molecule has 0 spiro atoms. The van der Waals surface area contributed by atoms with Crippen LogP contribution < -0.4 is 20.9 Å². The van der Waals surface area contributed by atoms with Crippen molar-refractivity contribution in [2.24, 2.45) is 0 Å². The maximum Gasteiger partial charge on any atom is 0.416 e. The van der Waals surface area contributed by atoms with Crippen LogP contribution in [0.2, 0.25) is 0 Å². The van der Waals surface area contributed by atoms with E-state index in [2.05, 4.69) is 20.4 Å². The Labute approximate surface area is 313 Å². The van der Waals surface area contributed by atoms with Crippen LogP contribution in [0.4, 0.5) is 37.7 Å². The standard InChI is InChI=1S/2C19H15F3N4O.2H2O/c2*1-10-24-25-18-17(23)16(11-3-5-12(6-4-11)19(20,21)22)14-9-13(27-2)7-8-15(14)26(10)18;;/h2*3-9H,23H2,1-2H3;2*1H2. The molecule has 8 aromatic rings. The van der Waals surface area contributed by atoms with Gasteiger partial charge in [0.1, 0.15) is 23.1 Å². The summed E-state index contributed by atoms with van der Waals surface area (Å²) in [6, 6.07) is 20.7. The van der Waals surface area contributed by atoms with Gasteiger partial charge in [-0.25, -0.2) is 0 Å². The molecule has 0 aliphatic heterocycles. The SMILES string of the molecule is COc1ccc2c(c1)c(-c1ccc(C(F)(F)F)cc1)c(N)c1nnc(C)n12.COc1ccc2c(c1)c(-c1ccc(C(F)(F)F)cc1)c(N)c1nnc(C)n12.O.O. The van der Waals surface area contributed by atoms with Crippen molar-refractivity contribution >= 4 is 44.5 Å². The lowest BCUT2D eigenvalue weighted by atomic mass is 9.97. The number of nitrogens with zero attached hydrogens (tertiary/aromatic N) is 6. The van der Waals surface area contributed by atoms with Crippen LogP contribution in [0.5, 0.6) is 11.5 Å². The molecule has 0 bridgehead atoms. The Balaban J connectivity index is 0.000000207. The summed E-state index contributed by atoms with van der Waals surface area (Å²) in [4.78, 5) is 0. The molecule has 0 fully saturated rings. The van der Waals surface area contributed by atoms with Crippen molar-refractivity contribution in [3.8, 4) is 33.8 Å². The summed E-state index contributed by atoms with van der Waals surface area (Å²) in [7, 11) is 3.09. The number of rotatable bonds is 4. The van der Waals surface area contributed by atoms with Gasteiger partial charge >= 0.3 is 12.4 Å². The van der Waals surface area contributed by atoms with Crippen LogP contribution >= 0.6 is 0 Å². The molecule has 0 unspecified atom stereocenters. The number of alkyl halides is 6. The van der Waals surface area contributed by atoms with Crippen LogP contribution in [-0.2, 0) is 12.4 Å². The monoisotopic (exact) mass is 780 g/mol. The molecular weight excluding hydrogens is 746 g/mol. The molecule has 0 radical (unpaired) electrons. The molecule has 0 saturated heterocycles. The van der Waals surface area contributed by atoms with Crippen LogP contribution in [0.15, 0.2) is 84.9 Å². The smallest absolute Gasteiger partial charge is 0.416 e. The first-order valence-corrected chi connectivity index (χ1v) is 16.2. The third kappa shape index (κ3) is 6.90. The second-order valence-electron chi connectivity index (χ2n) is 12.3. The minimum Gasteiger partial charge on any atom is -0.497 e. The predicted molar refractivity (Wildman–Crippen MR) is 200 cm³/mol. The molecular formula is C38H34F6N8O4. The number of hydrogen-bond acceptors (Lipinski definition) is 8. The van der Waals surface area contributed by atoms with E-state index in [1.165, 1.54) is 24.3 Å². The van der Waals surface area contributed by atoms with Crippen LogP contribution in [-0.4, -0.2) is 54.4 Å². The lowest BCUT2D eigenvalue weighted by molar-refractivity contribution is -0.138. The minimum absolute atomic E-state index is 0. The average Bonchev–Trinajstić information content (AvgIpc) is 3.74. The molecule has 0 atom stereocenters. The van der Waals surface area contributed by atoms with Crippen molar-refractivity contribution in [3.63, 3.8) is 0 Å². The lowest BCUT2D eigenvalue weighted by Gasteiger charge is -2.15. The van der Waals surface area contributed by atoms with Gasteiger partial charge in [-0.1, -0.05) is 24.3 Å². The number of ether oxygens (including phenoxy) is 2. The summed E-state index contributed by atoms with van der Waals surface area (Å²) in [6.07, 6.45) is -8.80. The molecule has 0 saturated carbocycles. The van der Waals surface area contributed by atoms with Gasteiger partial charge in [0.25, 0.3) is 0 Å². The van der Waals surface area contributed by atoms with E-state index in [-0.39, 0.29) is 11.0 Å². The summed E-state index contributed by atoms with van der Waals surface area (Å²) in [6.45, 7) is 3.61. The Morgan fingerprint density at radius 2 is 0.857 bits per heavy atom. The summed E-state index contributed by atoms with van der Waals surface area (Å²) in [5.74, 6) is 2.54. The first-order valence-electron chi connectivity index (χ1n) is 16.2. The van der Waals surface area contributed by atoms with Crippen molar-refractivity contribution in [2.45, 2.75) is 26.2 Å². The van der Waals surface area contributed by atoms with Crippen LogP contribution in [0.3, 0.4) is 0 Å². The molecule has 0 amide bonds. The number of hydrogen-bond donors (Lipinski definition) is 2. The highest BCUT2D eigenvalue weighted by atomic mass is 19.4. The number of halogens is 6. The van der Waals surface area contributed by atoms with Crippen molar-refractivity contribution in [2.75, 3.05) is 25.7 Å². The molecule has 4 aromatic heterocycles. The zero-order valence-electron chi connectivity index (χ0n) is 30.0. The molecule has 56 heavy (non-hydrogen) atoms. The van der Waals surface area contributed by atoms with Gasteiger partial charge in [0, 0.05) is 21.9 Å². The van der Waals surface area contributed by atoms with E-state index in [1.54, 1.807) is 52.3 Å². The molecule has 18 heteroatoms. The number of fused-ring (bicyclic) bond motifs is 6. The normalized spacial score (nSPS) is 11.6. The summed E-state index contributed by atoms with van der Waals surface area (Å²) >= 11 is 0. The van der Waals surface area contributed by atoms with Gasteiger partial charge in [-0.05, 0) is 85.6 Å².